The van der Waals surface area contributed by atoms with Crippen LogP contribution in [-0.4, -0.2) is 51.9 Å². The highest BCUT2D eigenvalue weighted by atomic mass is 32.1. The molecule has 2 aromatic heterocycles. The van der Waals surface area contributed by atoms with E-state index in [1.54, 1.807) is 36.5 Å². The first-order valence-corrected chi connectivity index (χ1v) is 12.4. The molecule has 1 N–H and O–H groups in total. The van der Waals surface area contributed by atoms with Crippen LogP contribution in [0.3, 0.4) is 0 Å². The number of ether oxygens (including phenoxy) is 1. The summed E-state index contributed by atoms with van der Waals surface area (Å²) in [6.45, 7) is 1.19. The van der Waals surface area contributed by atoms with Crippen molar-refractivity contribution in [3.05, 3.63) is 87.7 Å². The summed E-state index contributed by atoms with van der Waals surface area (Å²) in [7, 11) is 1.90. The van der Waals surface area contributed by atoms with Gasteiger partial charge in [0, 0.05) is 37.1 Å². The number of carbonyl (C=O) groups excluding carboxylic acids is 2. The minimum Gasteiger partial charge on any atom is -0.507 e. The summed E-state index contributed by atoms with van der Waals surface area (Å²) in [5, 5.41) is 22.8. The van der Waals surface area contributed by atoms with Crippen molar-refractivity contribution < 1.29 is 24.4 Å². The average molecular weight is 530 g/mol. The van der Waals surface area contributed by atoms with E-state index in [0.29, 0.717) is 40.2 Å². The lowest BCUT2D eigenvalue weighted by atomic mass is 9.96. The van der Waals surface area contributed by atoms with Crippen molar-refractivity contribution in [2.75, 3.05) is 30.0 Å². The summed E-state index contributed by atoms with van der Waals surface area (Å²) in [5.41, 5.74) is 1.83. The molecule has 0 bridgehead atoms. The van der Waals surface area contributed by atoms with Crippen molar-refractivity contribution in [1.29, 1.82) is 0 Å². The quantitative estimate of drug-likeness (QED) is 0.136. The molecule has 38 heavy (non-hydrogen) atoms. The lowest BCUT2D eigenvalue weighted by Crippen LogP contribution is -2.29. The normalized spacial score (nSPS) is 18.5. The van der Waals surface area contributed by atoms with Gasteiger partial charge < -0.3 is 14.7 Å². The fraction of sp³-hybridized carbons (Fsp3) is 0.154. The number of anilines is 2. The number of carbonyl (C=O) groups is 2. The van der Waals surface area contributed by atoms with Gasteiger partial charge in [-0.25, -0.2) is 4.98 Å². The number of nitro benzene ring substituents is 1. The number of non-ortho nitro benzene ring substituents is 1. The van der Waals surface area contributed by atoms with Crippen LogP contribution in [0.25, 0.3) is 16.0 Å². The van der Waals surface area contributed by atoms with Crippen molar-refractivity contribution in [3.8, 4) is 5.75 Å². The van der Waals surface area contributed by atoms with Crippen molar-refractivity contribution in [2.24, 2.45) is 0 Å². The van der Waals surface area contributed by atoms with Gasteiger partial charge in [0.05, 0.1) is 39.0 Å². The fourth-order valence-corrected chi connectivity index (χ4v) is 5.68. The van der Waals surface area contributed by atoms with Gasteiger partial charge >= 0.3 is 5.91 Å². The number of rotatable bonds is 4. The molecule has 1 atom stereocenters. The fourth-order valence-electron chi connectivity index (χ4n) is 4.65. The Morgan fingerprint density at radius 2 is 2.05 bits per heavy atom. The number of aliphatic hydroxyl groups is 1. The van der Waals surface area contributed by atoms with Crippen LogP contribution in [0.15, 0.2) is 66.5 Å². The van der Waals surface area contributed by atoms with Crippen LogP contribution in [0.5, 0.6) is 5.75 Å². The Bertz CT molecular complexity index is 1670. The number of aromatic nitrogens is 2. The van der Waals surface area contributed by atoms with Gasteiger partial charge in [0.25, 0.3) is 11.5 Å². The predicted octanol–water partition coefficient (Wildman–Crippen LogP) is 4.05. The van der Waals surface area contributed by atoms with E-state index in [9.17, 15) is 24.8 Å². The molecule has 0 saturated carbocycles. The Kier molecular flexibility index (Phi) is 5.53. The van der Waals surface area contributed by atoms with Gasteiger partial charge in [0.1, 0.15) is 18.1 Å². The highest BCUT2D eigenvalue weighted by Crippen LogP contribution is 2.45. The van der Waals surface area contributed by atoms with E-state index in [4.69, 9.17) is 4.74 Å². The molecule has 0 aliphatic carbocycles. The lowest BCUT2D eigenvalue weighted by molar-refractivity contribution is -0.384. The Hall–Kier alpha value is -4.84. The zero-order chi connectivity index (χ0) is 26.6. The van der Waals surface area contributed by atoms with Gasteiger partial charge in [-0.2, -0.15) is 0 Å². The number of likely N-dealkylation sites (N-methyl/N-ethyl adjacent to an activating group) is 1. The summed E-state index contributed by atoms with van der Waals surface area (Å²) < 4.78 is 6.17. The van der Waals surface area contributed by atoms with E-state index in [2.05, 4.69) is 9.97 Å². The molecule has 12 heteroatoms. The molecule has 1 saturated heterocycles. The molecule has 1 amide bonds. The van der Waals surface area contributed by atoms with Gasteiger partial charge in [-0.15, -0.1) is 0 Å². The molecule has 2 aromatic carbocycles. The summed E-state index contributed by atoms with van der Waals surface area (Å²) in [6, 6.07) is 11.6. The number of amides is 1. The lowest BCUT2D eigenvalue weighted by Gasteiger charge is -2.28. The second-order valence-corrected chi connectivity index (χ2v) is 9.82. The van der Waals surface area contributed by atoms with E-state index in [1.165, 1.54) is 29.3 Å². The van der Waals surface area contributed by atoms with Crippen LogP contribution in [0.4, 0.5) is 16.5 Å². The average Bonchev–Trinajstić information content (AvgIpc) is 3.46. The van der Waals surface area contributed by atoms with Crippen LogP contribution in [0, 0.1) is 10.1 Å². The third-order valence-corrected chi connectivity index (χ3v) is 7.57. The zero-order valence-electron chi connectivity index (χ0n) is 19.9. The largest absolute Gasteiger partial charge is 0.507 e. The van der Waals surface area contributed by atoms with Crippen molar-refractivity contribution in [3.63, 3.8) is 0 Å². The Labute approximate surface area is 219 Å². The Balaban J connectivity index is 1.52. The molecule has 4 aromatic rings. The number of pyridine rings is 1. The standard InChI is InChI=1S/C26H19N5O6S/c1-29-9-10-37-19-7-4-14(11-18(19)29)23(32)21-22(15-3-2-8-27-13-15)30(25(34)24(21)33)26-28-17-6-5-16(31(35)36)12-20(17)38-26/h2-8,11-13,22,32H,9-10H2,1H3/b23-21+. The molecular formula is C26H19N5O6S. The van der Waals surface area contributed by atoms with Crippen molar-refractivity contribution >= 4 is 55.5 Å². The van der Waals surface area contributed by atoms with E-state index >= 15 is 0 Å². The van der Waals surface area contributed by atoms with Crippen molar-refractivity contribution in [2.45, 2.75) is 6.04 Å². The van der Waals surface area contributed by atoms with Gasteiger partial charge in [-0.1, -0.05) is 17.4 Å². The highest BCUT2D eigenvalue weighted by molar-refractivity contribution is 7.22. The summed E-state index contributed by atoms with van der Waals surface area (Å²) in [6.07, 6.45) is 3.08. The molecule has 11 nitrogen and oxygen atoms in total. The molecule has 0 spiro atoms. The highest BCUT2D eigenvalue weighted by Gasteiger charge is 2.48. The summed E-state index contributed by atoms with van der Waals surface area (Å²) in [4.78, 5) is 49.4. The van der Waals surface area contributed by atoms with Crippen LogP contribution >= 0.6 is 11.3 Å². The predicted molar refractivity (Wildman–Crippen MR) is 141 cm³/mol. The van der Waals surface area contributed by atoms with E-state index in [1.807, 2.05) is 11.9 Å². The number of fused-ring (bicyclic) bond motifs is 2. The molecular weight excluding hydrogens is 510 g/mol. The van der Waals surface area contributed by atoms with Crippen LogP contribution in [0.2, 0.25) is 0 Å². The molecule has 1 fully saturated rings. The van der Waals surface area contributed by atoms with Crippen LogP contribution < -0.4 is 14.5 Å². The third kappa shape index (κ3) is 3.73. The second-order valence-electron chi connectivity index (χ2n) is 8.81. The number of nitro groups is 1. The first-order chi connectivity index (χ1) is 18.3. The number of benzene rings is 2. The third-order valence-electron chi connectivity index (χ3n) is 6.55. The van der Waals surface area contributed by atoms with Crippen LogP contribution in [0.1, 0.15) is 17.2 Å². The number of nitrogens with zero attached hydrogens (tertiary/aromatic N) is 5. The SMILES string of the molecule is CN1CCOc2ccc(/C(O)=C3\C(=O)C(=O)N(c4nc5ccc([N+](=O)[O-])cc5s4)C3c3cccnc3)cc21. The minimum absolute atomic E-state index is 0.104. The summed E-state index contributed by atoms with van der Waals surface area (Å²) >= 11 is 1.05. The maximum atomic E-state index is 13.4. The second kappa shape index (κ2) is 8.92. The van der Waals surface area contributed by atoms with E-state index in [-0.39, 0.29) is 22.2 Å². The van der Waals surface area contributed by atoms with E-state index in [0.717, 1.165) is 17.0 Å². The maximum absolute atomic E-state index is 13.4. The smallest absolute Gasteiger partial charge is 0.301 e. The topological polar surface area (TPSA) is 139 Å². The Morgan fingerprint density at radius 3 is 2.82 bits per heavy atom. The number of hydrogen-bond acceptors (Lipinski definition) is 10. The first kappa shape index (κ1) is 23.6. The first-order valence-electron chi connectivity index (χ1n) is 11.6. The maximum Gasteiger partial charge on any atom is 0.301 e. The number of aliphatic hydroxyl groups excluding tert-OH is 1. The van der Waals surface area contributed by atoms with E-state index < -0.39 is 22.7 Å². The number of thiazole rings is 1. The van der Waals surface area contributed by atoms with Gasteiger partial charge in [0.15, 0.2) is 5.13 Å². The Morgan fingerprint density at radius 1 is 1.21 bits per heavy atom. The molecule has 1 unspecified atom stereocenters. The molecule has 6 rings (SSSR count). The van der Waals surface area contributed by atoms with Gasteiger partial charge in [-0.3, -0.25) is 29.6 Å². The van der Waals surface area contributed by atoms with Crippen LogP contribution in [-0.2, 0) is 9.59 Å². The number of hydrogen-bond donors (Lipinski definition) is 1. The molecule has 4 heterocycles. The molecule has 0 radical (unpaired) electrons. The van der Waals surface area contributed by atoms with Gasteiger partial charge in [-0.05, 0) is 35.9 Å². The minimum atomic E-state index is -1.01. The molecule has 2 aliphatic rings. The monoisotopic (exact) mass is 529 g/mol. The van der Waals surface area contributed by atoms with Crippen molar-refractivity contribution in [1.82, 2.24) is 9.97 Å². The molecule has 190 valence electrons. The van der Waals surface area contributed by atoms with Gasteiger partial charge in [0.2, 0.25) is 0 Å². The summed E-state index contributed by atoms with van der Waals surface area (Å²) in [5.74, 6) is -1.42. The number of ketones is 1. The zero-order valence-corrected chi connectivity index (χ0v) is 20.7. The number of Topliss-reactive ketones (excluding diaryl/α,β-unsaturated/α-hetero) is 1. The molecule has 2 aliphatic heterocycles.